The molecule has 0 aliphatic carbocycles. The minimum absolute atomic E-state index is 0.00457. The molecule has 1 unspecified atom stereocenters. The van der Waals surface area contributed by atoms with Gasteiger partial charge in [0.05, 0.1) is 5.92 Å². The quantitative estimate of drug-likeness (QED) is 0.773. The Hall–Kier alpha value is -2.62. The minimum Gasteiger partial charge on any atom is -0.326 e. The van der Waals surface area contributed by atoms with E-state index in [-0.39, 0.29) is 35.0 Å². The normalized spacial score (nSPS) is 17.5. The molecule has 0 saturated carbocycles. The predicted octanol–water partition coefficient (Wildman–Crippen LogP) is 5.27. The molecular weight excluding hydrogens is 360 g/mol. The summed E-state index contributed by atoms with van der Waals surface area (Å²) in [6, 6.07) is 15.9. The molecule has 4 heteroatoms. The SMILES string of the molecule is CC(C)(C)c1ccc(NC(=O)C2CC(=O)N(c3ccccc3C(C)(C)C)C2)cc1. The van der Waals surface area contributed by atoms with Gasteiger partial charge in [-0.15, -0.1) is 0 Å². The van der Waals surface area contributed by atoms with Gasteiger partial charge in [0.25, 0.3) is 0 Å². The average Bonchev–Trinajstić information content (AvgIpc) is 3.02. The van der Waals surface area contributed by atoms with E-state index in [4.69, 9.17) is 0 Å². The first-order valence-corrected chi connectivity index (χ1v) is 10.3. The number of amides is 2. The third-order valence-electron chi connectivity index (χ3n) is 5.52. The molecule has 3 rings (SSSR count). The first kappa shape index (κ1) is 21.1. The summed E-state index contributed by atoms with van der Waals surface area (Å²) in [5.74, 6) is -0.444. The lowest BCUT2D eigenvalue weighted by molar-refractivity contribution is -0.122. The summed E-state index contributed by atoms with van der Waals surface area (Å²) in [7, 11) is 0. The summed E-state index contributed by atoms with van der Waals surface area (Å²) in [5.41, 5.74) is 4.01. The van der Waals surface area contributed by atoms with Crippen LogP contribution in [0, 0.1) is 5.92 Å². The number of carbonyl (C=O) groups is 2. The Morgan fingerprint density at radius 2 is 1.55 bits per heavy atom. The fraction of sp³-hybridized carbons (Fsp3) is 0.440. The number of rotatable bonds is 3. The second-order valence-electron chi connectivity index (χ2n) is 9.99. The van der Waals surface area contributed by atoms with E-state index in [1.807, 2.05) is 42.5 Å². The lowest BCUT2D eigenvalue weighted by Gasteiger charge is -2.27. The minimum atomic E-state index is -0.349. The maximum Gasteiger partial charge on any atom is 0.229 e. The molecule has 2 amide bonds. The number of nitrogens with one attached hydrogen (secondary N) is 1. The van der Waals surface area contributed by atoms with Crippen molar-refractivity contribution in [3.63, 3.8) is 0 Å². The second kappa shape index (κ2) is 7.66. The van der Waals surface area contributed by atoms with Gasteiger partial charge in [-0.3, -0.25) is 9.59 Å². The molecule has 0 aromatic heterocycles. The number of hydrogen-bond donors (Lipinski definition) is 1. The van der Waals surface area contributed by atoms with Crippen LogP contribution in [0.2, 0.25) is 0 Å². The van der Waals surface area contributed by atoms with E-state index < -0.39 is 0 Å². The maximum atomic E-state index is 12.8. The molecule has 2 aromatic carbocycles. The predicted molar refractivity (Wildman–Crippen MR) is 119 cm³/mol. The third-order valence-corrected chi connectivity index (χ3v) is 5.52. The number of para-hydroxylation sites is 1. The van der Waals surface area contributed by atoms with Crippen LogP contribution >= 0.6 is 0 Å². The Morgan fingerprint density at radius 1 is 0.931 bits per heavy atom. The highest BCUT2D eigenvalue weighted by Gasteiger charge is 2.37. The van der Waals surface area contributed by atoms with Crippen LogP contribution < -0.4 is 10.2 Å². The van der Waals surface area contributed by atoms with Crippen LogP contribution in [0.4, 0.5) is 11.4 Å². The number of nitrogens with zero attached hydrogens (tertiary/aromatic N) is 1. The second-order valence-corrected chi connectivity index (χ2v) is 9.99. The van der Waals surface area contributed by atoms with Crippen molar-refractivity contribution < 1.29 is 9.59 Å². The molecule has 1 atom stereocenters. The van der Waals surface area contributed by atoms with Crippen molar-refractivity contribution in [1.82, 2.24) is 0 Å². The summed E-state index contributed by atoms with van der Waals surface area (Å²) in [5, 5.41) is 2.98. The van der Waals surface area contributed by atoms with Gasteiger partial charge < -0.3 is 10.2 Å². The third kappa shape index (κ3) is 4.69. The zero-order chi connectivity index (χ0) is 21.4. The fourth-order valence-electron chi connectivity index (χ4n) is 3.76. The van der Waals surface area contributed by atoms with E-state index in [0.29, 0.717) is 6.54 Å². The molecule has 0 spiro atoms. The highest BCUT2D eigenvalue weighted by atomic mass is 16.2. The van der Waals surface area contributed by atoms with Gasteiger partial charge in [-0.25, -0.2) is 0 Å². The van der Waals surface area contributed by atoms with Gasteiger partial charge in [-0.1, -0.05) is 71.9 Å². The van der Waals surface area contributed by atoms with Crippen LogP contribution in [-0.2, 0) is 20.4 Å². The van der Waals surface area contributed by atoms with E-state index in [2.05, 4.69) is 52.9 Å². The molecule has 1 heterocycles. The van der Waals surface area contributed by atoms with Crippen molar-refractivity contribution in [1.29, 1.82) is 0 Å². The van der Waals surface area contributed by atoms with Crippen molar-refractivity contribution in [3.05, 3.63) is 59.7 Å². The first-order valence-electron chi connectivity index (χ1n) is 10.3. The first-order chi connectivity index (χ1) is 13.5. The molecule has 4 nitrogen and oxygen atoms in total. The van der Waals surface area contributed by atoms with E-state index in [1.54, 1.807) is 4.90 Å². The maximum absolute atomic E-state index is 12.8. The molecule has 1 fully saturated rings. The van der Waals surface area contributed by atoms with Gasteiger partial charge in [-0.05, 0) is 40.2 Å². The molecule has 1 saturated heterocycles. The van der Waals surface area contributed by atoms with Crippen molar-refractivity contribution in [2.24, 2.45) is 5.92 Å². The number of carbonyl (C=O) groups excluding carboxylic acids is 2. The van der Waals surface area contributed by atoms with Crippen LogP contribution in [-0.4, -0.2) is 18.4 Å². The summed E-state index contributed by atoms with van der Waals surface area (Å²) >= 11 is 0. The van der Waals surface area contributed by atoms with Gasteiger partial charge in [0.2, 0.25) is 11.8 Å². The molecule has 0 bridgehead atoms. The molecule has 154 valence electrons. The lowest BCUT2D eigenvalue weighted by atomic mass is 9.85. The molecule has 1 aliphatic heterocycles. The van der Waals surface area contributed by atoms with Crippen molar-refractivity contribution >= 4 is 23.2 Å². The van der Waals surface area contributed by atoms with E-state index in [1.165, 1.54) is 5.56 Å². The smallest absolute Gasteiger partial charge is 0.229 e. The Morgan fingerprint density at radius 3 is 2.14 bits per heavy atom. The highest BCUT2D eigenvalue weighted by molar-refractivity contribution is 6.04. The summed E-state index contributed by atoms with van der Waals surface area (Å²) in [6.45, 7) is 13.3. The molecule has 0 radical (unpaired) electrons. The Kier molecular flexibility index (Phi) is 5.57. The van der Waals surface area contributed by atoms with E-state index >= 15 is 0 Å². The average molecular weight is 393 g/mol. The monoisotopic (exact) mass is 392 g/mol. The zero-order valence-electron chi connectivity index (χ0n) is 18.4. The molecule has 29 heavy (non-hydrogen) atoms. The van der Waals surface area contributed by atoms with Crippen LogP contribution in [0.1, 0.15) is 59.1 Å². The Labute approximate surface area is 174 Å². The number of benzene rings is 2. The van der Waals surface area contributed by atoms with Crippen LogP contribution in [0.5, 0.6) is 0 Å². The number of hydrogen-bond acceptors (Lipinski definition) is 2. The summed E-state index contributed by atoms with van der Waals surface area (Å²) < 4.78 is 0. The van der Waals surface area contributed by atoms with Crippen molar-refractivity contribution in [3.8, 4) is 0 Å². The zero-order valence-corrected chi connectivity index (χ0v) is 18.4. The largest absolute Gasteiger partial charge is 0.326 e. The number of anilines is 2. The van der Waals surface area contributed by atoms with Crippen molar-refractivity contribution in [2.45, 2.75) is 58.8 Å². The highest BCUT2D eigenvalue weighted by Crippen LogP contribution is 2.35. The standard InChI is InChI=1S/C25H32N2O2/c1-24(2,3)18-11-13-19(14-12-18)26-23(29)17-15-22(28)27(16-17)21-10-8-7-9-20(21)25(4,5)6/h7-14,17H,15-16H2,1-6H3,(H,26,29). The lowest BCUT2D eigenvalue weighted by Crippen LogP contribution is -2.30. The summed E-state index contributed by atoms with van der Waals surface area (Å²) in [4.78, 5) is 27.3. The van der Waals surface area contributed by atoms with Crippen LogP contribution in [0.25, 0.3) is 0 Å². The van der Waals surface area contributed by atoms with Gasteiger partial charge in [0.1, 0.15) is 0 Å². The van der Waals surface area contributed by atoms with E-state index in [9.17, 15) is 9.59 Å². The Balaban J connectivity index is 1.73. The van der Waals surface area contributed by atoms with Gasteiger partial charge >= 0.3 is 0 Å². The molecule has 2 aromatic rings. The van der Waals surface area contributed by atoms with Gasteiger partial charge in [0, 0.05) is 24.3 Å². The molecular formula is C25H32N2O2. The van der Waals surface area contributed by atoms with Crippen LogP contribution in [0.3, 0.4) is 0 Å². The Bertz CT molecular complexity index is 902. The summed E-state index contributed by atoms with van der Waals surface area (Å²) in [6.07, 6.45) is 0.240. The van der Waals surface area contributed by atoms with Gasteiger partial charge in [-0.2, -0.15) is 0 Å². The van der Waals surface area contributed by atoms with Crippen molar-refractivity contribution in [2.75, 3.05) is 16.8 Å². The molecule has 1 aliphatic rings. The van der Waals surface area contributed by atoms with Gasteiger partial charge in [0.15, 0.2) is 0 Å². The topological polar surface area (TPSA) is 49.4 Å². The van der Waals surface area contributed by atoms with Crippen LogP contribution in [0.15, 0.2) is 48.5 Å². The molecule has 1 N–H and O–H groups in total. The van der Waals surface area contributed by atoms with E-state index in [0.717, 1.165) is 16.9 Å². The fourth-order valence-corrected chi connectivity index (χ4v) is 3.76.